The summed E-state index contributed by atoms with van der Waals surface area (Å²) in [7, 11) is 0. The molecule has 0 aliphatic heterocycles. The normalized spacial score (nSPS) is 11.7. The minimum atomic E-state index is -0.472. The van der Waals surface area contributed by atoms with Gasteiger partial charge in [0.05, 0.1) is 4.92 Å². The molecule has 0 fully saturated rings. The lowest BCUT2D eigenvalue weighted by Crippen LogP contribution is -2.12. The molecule has 0 radical (unpaired) electrons. The first-order valence-electron chi connectivity index (χ1n) is 7.06. The number of carbonyl (C=O) groups excluding carboxylic acids is 1. The molecule has 0 amide bonds. The third-order valence-electron chi connectivity index (χ3n) is 3.12. The van der Waals surface area contributed by atoms with Crippen LogP contribution in [0.2, 0.25) is 0 Å². The molecule has 114 valence electrons. The topological polar surface area (TPSA) is 69.4 Å². The summed E-state index contributed by atoms with van der Waals surface area (Å²) in [6, 6.07) is 6.24. The number of carbonyl (C=O) groups is 1. The monoisotopic (exact) mass is 291 g/mol. The average Bonchev–Trinajstić information content (AvgIpc) is 2.46. The molecular formula is C16H21NO4. The molecule has 5 nitrogen and oxygen atoms in total. The molecule has 5 heteroatoms. The van der Waals surface area contributed by atoms with Crippen molar-refractivity contribution in [2.24, 2.45) is 0 Å². The predicted molar refractivity (Wildman–Crippen MR) is 80.9 cm³/mol. The van der Waals surface area contributed by atoms with E-state index in [2.05, 4.69) is 13.5 Å². The van der Waals surface area contributed by atoms with E-state index in [0.29, 0.717) is 17.6 Å². The molecule has 0 heterocycles. The molecule has 1 unspecified atom stereocenters. The highest BCUT2D eigenvalue weighted by Gasteiger charge is 2.19. The van der Waals surface area contributed by atoms with Crippen LogP contribution >= 0.6 is 0 Å². The number of nitro groups is 1. The fraction of sp³-hybridized carbons (Fsp3) is 0.438. The zero-order chi connectivity index (χ0) is 15.8. The fourth-order valence-corrected chi connectivity index (χ4v) is 1.94. The number of nitro benzene ring substituents is 1. The van der Waals surface area contributed by atoms with Crippen LogP contribution in [0, 0.1) is 10.1 Å². The largest absolute Gasteiger partial charge is 0.454 e. The van der Waals surface area contributed by atoms with Crippen molar-refractivity contribution in [1.29, 1.82) is 0 Å². The summed E-state index contributed by atoms with van der Waals surface area (Å²) >= 11 is 0. The minimum Gasteiger partial charge on any atom is -0.454 e. The Balaban J connectivity index is 2.93. The minimum absolute atomic E-state index is 0.000587. The van der Waals surface area contributed by atoms with Crippen LogP contribution in [0.5, 0.6) is 0 Å². The molecule has 0 aliphatic carbocycles. The first kappa shape index (κ1) is 16.9. The number of benzene rings is 1. The molecule has 0 saturated heterocycles. The second kappa shape index (κ2) is 8.19. The maximum atomic E-state index is 11.7. The van der Waals surface area contributed by atoms with E-state index in [9.17, 15) is 14.9 Å². The molecule has 1 aromatic rings. The van der Waals surface area contributed by atoms with Gasteiger partial charge in [0.25, 0.3) is 5.69 Å². The van der Waals surface area contributed by atoms with Crippen molar-refractivity contribution in [2.45, 2.75) is 45.6 Å². The van der Waals surface area contributed by atoms with Crippen LogP contribution in [-0.2, 0) is 9.53 Å². The highest BCUT2D eigenvalue weighted by molar-refractivity contribution is 5.87. The van der Waals surface area contributed by atoms with E-state index in [1.807, 2.05) is 0 Å². The molecule has 0 aliphatic rings. The quantitative estimate of drug-likeness (QED) is 0.235. The number of ether oxygens (including phenoxy) is 1. The molecule has 1 atom stereocenters. The zero-order valence-corrected chi connectivity index (χ0v) is 12.5. The number of unbranched alkanes of at least 4 members (excludes halogenated alkanes) is 2. The van der Waals surface area contributed by atoms with E-state index in [1.165, 1.54) is 12.1 Å². The van der Waals surface area contributed by atoms with Gasteiger partial charge in [0.1, 0.15) is 6.10 Å². The lowest BCUT2D eigenvalue weighted by atomic mass is 10.0. The first-order valence-corrected chi connectivity index (χ1v) is 7.06. The van der Waals surface area contributed by atoms with Gasteiger partial charge in [0, 0.05) is 17.7 Å². The molecule has 0 aromatic heterocycles. The number of rotatable bonds is 8. The highest BCUT2D eigenvalue weighted by atomic mass is 16.6. The van der Waals surface area contributed by atoms with Gasteiger partial charge < -0.3 is 4.74 Å². The van der Waals surface area contributed by atoms with Gasteiger partial charge in [0.15, 0.2) is 0 Å². The zero-order valence-electron chi connectivity index (χ0n) is 12.5. The Labute approximate surface area is 124 Å². The van der Waals surface area contributed by atoms with Crippen LogP contribution in [0.25, 0.3) is 0 Å². The molecule has 1 aromatic carbocycles. The second-order valence-electron chi connectivity index (χ2n) is 5.02. The maximum Gasteiger partial charge on any atom is 0.333 e. The summed E-state index contributed by atoms with van der Waals surface area (Å²) in [4.78, 5) is 22.1. The maximum absolute atomic E-state index is 11.7. The van der Waals surface area contributed by atoms with Gasteiger partial charge in [-0.2, -0.15) is 0 Å². The standard InChI is InChI=1S/C16H21NO4/c1-4-5-6-10-15(21-16(18)12(2)3)13-8-7-9-14(11-13)17(19)20/h7-9,11,15H,2,4-6,10H2,1,3H3. The van der Waals surface area contributed by atoms with E-state index in [0.717, 1.165) is 19.3 Å². The van der Waals surface area contributed by atoms with Crippen molar-refractivity contribution in [3.63, 3.8) is 0 Å². The number of non-ortho nitro benzene ring substituents is 1. The van der Waals surface area contributed by atoms with Crippen LogP contribution < -0.4 is 0 Å². The van der Waals surface area contributed by atoms with Crippen molar-refractivity contribution >= 4 is 11.7 Å². The van der Waals surface area contributed by atoms with Gasteiger partial charge in [-0.05, 0) is 25.3 Å². The SMILES string of the molecule is C=C(C)C(=O)OC(CCCCC)c1cccc([N+](=O)[O-])c1. The summed E-state index contributed by atoms with van der Waals surface area (Å²) in [6.45, 7) is 7.23. The van der Waals surface area contributed by atoms with Crippen LogP contribution in [0.15, 0.2) is 36.4 Å². The molecule has 1 rings (SSSR count). The smallest absolute Gasteiger partial charge is 0.333 e. The third kappa shape index (κ3) is 5.38. The van der Waals surface area contributed by atoms with E-state index < -0.39 is 17.0 Å². The van der Waals surface area contributed by atoms with Crippen LogP contribution in [0.4, 0.5) is 5.69 Å². The summed E-state index contributed by atoms with van der Waals surface area (Å²) in [6.07, 6.45) is 3.15. The molecule has 0 saturated carbocycles. The van der Waals surface area contributed by atoms with Crippen molar-refractivity contribution in [1.82, 2.24) is 0 Å². The Bertz CT molecular complexity index is 525. The van der Waals surface area contributed by atoms with E-state index >= 15 is 0 Å². The van der Waals surface area contributed by atoms with Gasteiger partial charge in [-0.1, -0.05) is 38.5 Å². The van der Waals surface area contributed by atoms with Gasteiger partial charge in [-0.3, -0.25) is 10.1 Å². The van der Waals surface area contributed by atoms with Crippen LogP contribution in [0.1, 0.15) is 51.2 Å². The molecule has 0 spiro atoms. The van der Waals surface area contributed by atoms with Crippen molar-refractivity contribution in [3.05, 3.63) is 52.1 Å². The Morgan fingerprint density at radius 1 is 1.43 bits per heavy atom. The highest BCUT2D eigenvalue weighted by Crippen LogP contribution is 2.27. The number of hydrogen-bond acceptors (Lipinski definition) is 4. The van der Waals surface area contributed by atoms with Crippen LogP contribution in [0.3, 0.4) is 0 Å². The van der Waals surface area contributed by atoms with Crippen molar-refractivity contribution in [3.8, 4) is 0 Å². The number of esters is 1. The summed E-state index contributed by atoms with van der Waals surface area (Å²) in [5.74, 6) is -0.469. The molecular weight excluding hydrogens is 270 g/mol. The van der Waals surface area contributed by atoms with Crippen molar-refractivity contribution in [2.75, 3.05) is 0 Å². The van der Waals surface area contributed by atoms with E-state index in [1.54, 1.807) is 19.1 Å². The second-order valence-corrected chi connectivity index (χ2v) is 5.02. The van der Waals surface area contributed by atoms with Crippen LogP contribution in [-0.4, -0.2) is 10.9 Å². The van der Waals surface area contributed by atoms with E-state index in [-0.39, 0.29) is 5.69 Å². The summed E-state index contributed by atoms with van der Waals surface area (Å²) in [5.41, 5.74) is 0.968. The number of nitrogens with zero attached hydrogens (tertiary/aromatic N) is 1. The Kier molecular flexibility index (Phi) is 6.59. The molecule has 0 N–H and O–H groups in total. The molecule has 21 heavy (non-hydrogen) atoms. The average molecular weight is 291 g/mol. The predicted octanol–water partition coefficient (Wildman–Crippen LogP) is 4.34. The van der Waals surface area contributed by atoms with Gasteiger partial charge in [-0.15, -0.1) is 0 Å². The first-order chi connectivity index (χ1) is 9.95. The van der Waals surface area contributed by atoms with E-state index in [4.69, 9.17) is 4.74 Å². The van der Waals surface area contributed by atoms with Gasteiger partial charge in [0.2, 0.25) is 0 Å². The fourth-order valence-electron chi connectivity index (χ4n) is 1.94. The lowest BCUT2D eigenvalue weighted by Gasteiger charge is -2.18. The van der Waals surface area contributed by atoms with Gasteiger partial charge >= 0.3 is 5.97 Å². The van der Waals surface area contributed by atoms with Crippen molar-refractivity contribution < 1.29 is 14.5 Å². The lowest BCUT2D eigenvalue weighted by molar-refractivity contribution is -0.385. The van der Waals surface area contributed by atoms with Gasteiger partial charge in [-0.25, -0.2) is 4.79 Å². The number of hydrogen-bond donors (Lipinski definition) is 0. The Morgan fingerprint density at radius 2 is 2.14 bits per heavy atom. The molecule has 0 bridgehead atoms. The Hall–Kier alpha value is -2.17. The Morgan fingerprint density at radius 3 is 2.71 bits per heavy atom. The summed E-state index contributed by atoms with van der Waals surface area (Å²) < 4.78 is 5.42. The summed E-state index contributed by atoms with van der Waals surface area (Å²) in [5, 5.41) is 10.9. The third-order valence-corrected chi connectivity index (χ3v) is 3.12.